The van der Waals surface area contributed by atoms with Crippen LogP contribution in [0.3, 0.4) is 0 Å². The number of rotatable bonds is 4. The summed E-state index contributed by atoms with van der Waals surface area (Å²) in [4.78, 5) is 27.5. The molecule has 26 heavy (non-hydrogen) atoms. The summed E-state index contributed by atoms with van der Waals surface area (Å²) in [6.07, 6.45) is 0. The normalized spacial score (nSPS) is 10.6. The molecule has 0 aliphatic heterocycles. The van der Waals surface area contributed by atoms with Crippen molar-refractivity contribution >= 4 is 34.2 Å². The molecule has 0 spiro atoms. The molecule has 132 valence electrons. The third-order valence-corrected chi connectivity index (χ3v) is 3.99. The van der Waals surface area contributed by atoms with Crippen molar-refractivity contribution in [2.75, 3.05) is 7.11 Å². The Labute approximate surface area is 153 Å². The topological polar surface area (TPSA) is 91.6 Å². The zero-order valence-electron chi connectivity index (χ0n) is 13.9. The second kappa shape index (κ2) is 6.97. The summed E-state index contributed by atoms with van der Waals surface area (Å²) in [5.41, 5.74) is 0.955. The van der Waals surface area contributed by atoms with Crippen molar-refractivity contribution in [1.29, 1.82) is 0 Å². The first kappa shape index (κ1) is 17.6. The lowest BCUT2D eigenvalue weighted by Gasteiger charge is -2.09. The minimum atomic E-state index is -0.745. The fourth-order valence-electron chi connectivity index (χ4n) is 2.46. The van der Waals surface area contributed by atoms with Crippen LogP contribution in [0.15, 0.2) is 42.5 Å². The molecule has 0 atom stereocenters. The number of carbonyl (C=O) groups excluding carboxylic acids is 1. The number of aromatic nitrogens is 1. The zero-order valence-corrected chi connectivity index (χ0v) is 14.6. The SMILES string of the molecule is COc1ccc(OC(=O)c2cc3cc(Cl)ccc3nc2C)c([N+](=O)[O-])c1. The van der Waals surface area contributed by atoms with Gasteiger partial charge in [0.25, 0.3) is 0 Å². The number of esters is 1. The molecule has 0 bridgehead atoms. The minimum Gasteiger partial charge on any atom is -0.496 e. The fourth-order valence-corrected chi connectivity index (χ4v) is 2.64. The van der Waals surface area contributed by atoms with Crippen LogP contribution in [0.5, 0.6) is 11.5 Å². The highest BCUT2D eigenvalue weighted by Gasteiger charge is 2.21. The third-order valence-electron chi connectivity index (χ3n) is 3.75. The maximum absolute atomic E-state index is 12.5. The highest BCUT2D eigenvalue weighted by atomic mass is 35.5. The van der Waals surface area contributed by atoms with Crippen molar-refractivity contribution in [2.24, 2.45) is 0 Å². The van der Waals surface area contributed by atoms with Gasteiger partial charge in [0.2, 0.25) is 5.75 Å². The number of hydrogen-bond donors (Lipinski definition) is 0. The fraction of sp³-hybridized carbons (Fsp3) is 0.111. The maximum Gasteiger partial charge on any atom is 0.345 e. The van der Waals surface area contributed by atoms with Crippen LogP contribution in [0.4, 0.5) is 5.69 Å². The summed E-state index contributed by atoms with van der Waals surface area (Å²) in [5, 5.41) is 12.4. The quantitative estimate of drug-likeness (QED) is 0.293. The van der Waals surface area contributed by atoms with Crippen LogP contribution in [0.2, 0.25) is 5.02 Å². The monoisotopic (exact) mass is 372 g/mol. The standard InChI is InChI=1S/C18H13ClN2O5/c1-10-14(8-11-7-12(19)3-5-15(11)20-10)18(22)26-17-6-4-13(25-2)9-16(17)21(23)24/h3-9H,1-2H3. The number of fused-ring (bicyclic) bond motifs is 1. The molecule has 0 amide bonds. The number of hydrogen-bond acceptors (Lipinski definition) is 6. The zero-order chi connectivity index (χ0) is 18.8. The Morgan fingerprint density at radius 2 is 1.96 bits per heavy atom. The molecule has 3 rings (SSSR count). The number of carbonyl (C=O) groups is 1. The van der Waals surface area contributed by atoms with E-state index >= 15 is 0 Å². The molecule has 7 nitrogen and oxygen atoms in total. The van der Waals surface area contributed by atoms with Crippen molar-refractivity contribution in [3.63, 3.8) is 0 Å². The van der Waals surface area contributed by atoms with Gasteiger partial charge >= 0.3 is 11.7 Å². The smallest absolute Gasteiger partial charge is 0.345 e. The van der Waals surface area contributed by atoms with Gasteiger partial charge in [-0.1, -0.05) is 11.6 Å². The lowest BCUT2D eigenvalue weighted by Crippen LogP contribution is -2.12. The second-order valence-electron chi connectivity index (χ2n) is 5.44. The van der Waals surface area contributed by atoms with Crippen LogP contribution in [-0.4, -0.2) is 23.0 Å². The Kier molecular flexibility index (Phi) is 4.73. The Bertz CT molecular complexity index is 1040. The van der Waals surface area contributed by atoms with Crippen LogP contribution in [0, 0.1) is 17.0 Å². The predicted octanol–water partition coefficient (Wildman–Crippen LogP) is 4.33. The number of pyridine rings is 1. The van der Waals surface area contributed by atoms with Crippen molar-refractivity contribution < 1.29 is 19.2 Å². The van der Waals surface area contributed by atoms with Crippen molar-refractivity contribution in [2.45, 2.75) is 6.92 Å². The summed E-state index contributed by atoms with van der Waals surface area (Å²) in [6, 6.07) is 10.7. The molecule has 0 radical (unpaired) electrons. The largest absolute Gasteiger partial charge is 0.496 e. The molecule has 0 N–H and O–H groups in total. The highest BCUT2D eigenvalue weighted by molar-refractivity contribution is 6.31. The Balaban J connectivity index is 1.99. The maximum atomic E-state index is 12.5. The van der Waals surface area contributed by atoms with Gasteiger partial charge in [-0.15, -0.1) is 0 Å². The molecule has 0 aliphatic carbocycles. The number of methoxy groups -OCH3 is 1. The molecular formula is C18H13ClN2O5. The predicted molar refractivity (Wildman–Crippen MR) is 96.1 cm³/mol. The molecule has 0 unspecified atom stereocenters. The summed E-state index contributed by atoms with van der Waals surface area (Å²) in [5.74, 6) is -0.633. The molecule has 1 aromatic heterocycles. The van der Waals surface area contributed by atoms with Crippen molar-refractivity contribution in [3.8, 4) is 11.5 Å². The molecule has 3 aromatic rings. The number of nitrogens with zero attached hydrogens (tertiary/aromatic N) is 2. The first-order valence-electron chi connectivity index (χ1n) is 7.50. The van der Waals surface area contributed by atoms with Gasteiger partial charge in [0, 0.05) is 10.4 Å². The summed E-state index contributed by atoms with van der Waals surface area (Å²) >= 11 is 5.97. The van der Waals surface area contributed by atoms with E-state index in [9.17, 15) is 14.9 Å². The molecule has 0 aliphatic rings. The number of nitro benzene ring substituents is 1. The summed E-state index contributed by atoms with van der Waals surface area (Å²) < 4.78 is 10.2. The molecule has 8 heteroatoms. The third kappa shape index (κ3) is 3.43. The van der Waals surface area contributed by atoms with Gasteiger partial charge in [-0.05, 0) is 43.3 Å². The molecule has 1 heterocycles. The van der Waals surface area contributed by atoms with E-state index in [1.165, 1.54) is 25.3 Å². The lowest BCUT2D eigenvalue weighted by atomic mass is 10.1. The summed E-state index contributed by atoms with van der Waals surface area (Å²) in [7, 11) is 1.39. The van der Waals surface area contributed by atoms with Gasteiger partial charge in [0.15, 0.2) is 0 Å². The van der Waals surface area contributed by atoms with Gasteiger partial charge in [-0.2, -0.15) is 0 Å². The van der Waals surface area contributed by atoms with Gasteiger partial charge in [-0.3, -0.25) is 15.1 Å². The van der Waals surface area contributed by atoms with Crippen LogP contribution in [-0.2, 0) is 0 Å². The number of ether oxygens (including phenoxy) is 2. The first-order valence-corrected chi connectivity index (χ1v) is 7.88. The molecule has 0 saturated heterocycles. The van der Waals surface area contributed by atoms with E-state index in [2.05, 4.69) is 4.98 Å². The van der Waals surface area contributed by atoms with Crippen LogP contribution in [0.1, 0.15) is 16.1 Å². The van der Waals surface area contributed by atoms with Gasteiger partial charge in [0.05, 0.1) is 34.9 Å². The number of nitro groups is 1. The average molecular weight is 373 g/mol. The van der Waals surface area contributed by atoms with E-state index < -0.39 is 10.9 Å². The first-order chi connectivity index (χ1) is 12.4. The lowest BCUT2D eigenvalue weighted by molar-refractivity contribution is -0.385. The molecular weight excluding hydrogens is 360 g/mol. The average Bonchev–Trinajstić information content (AvgIpc) is 2.61. The van der Waals surface area contributed by atoms with E-state index in [-0.39, 0.29) is 22.7 Å². The Morgan fingerprint density at radius 3 is 2.65 bits per heavy atom. The number of benzene rings is 2. The van der Waals surface area contributed by atoms with Crippen molar-refractivity contribution in [3.05, 3.63) is 68.9 Å². The van der Waals surface area contributed by atoms with Gasteiger partial charge < -0.3 is 9.47 Å². The molecule has 0 saturated carbocycles. The highest BCUT2D eigenvalue weighted by Crippen LogP contribution is 2.32. The van der Waals surface area contributed by atoms with E-state index in [1.54, 1.807) is 31.2 Å². The van der Waals surface area contributed by atoms with Crippen molar-refractivity contribution in [1.82, 2.24) is 4.98 Å². The van der Waals surface area contributed by atoms with Crippen LogP contribution >= 0.6 is 11.6 Å². The van der Waals surface area contributed by atoms with E-state index in [4.69, 9.17) is 21.1 Å². The van der Waals surface area contributed by atoms with Crippen LogP contribution in [0.25, 0.3) is 10.9 Å². The second-order valence-corrected chi connectivity index (χ2v) is 5.88. The number of halogens is 1. The van der Waals surface area contributed by atoms with Gasteiger partial charge in [0.1, 0.15) is 5.75 Å². The van der Waals surface area contributed by atoms with Crippen LogP contribution < -0.4 is 9.47 Å². The Morgan fingerprint density at radius 1 is 1.19 bits per heavy atom. The van der Waals surface area contributed by atoms with E-state index in [0.717, 1.165) is 0 Å². The summed E-state index contributed by atoms with van der Waals surface area (Å²) in [6.45, 7) is 1.66. The molecule has 0 fully saturated rings. The van der Waals surface area contributed by atoms with Gasteiger partial charge in [-0.25, -0.2) is 4.79 Å². The van der Waals surface area contributed by atoms with E-state index in [0.29, 0.717) is 21.6 Å². The number of aryl methyl sites for hydroxylation is 1. The molecule has 2 aromatic carbocycles. The van der Waals surface area contributed by atoms with E-state index in [1.807, 2.05) is 0 Å². The minimum absolute atomic E-state index is 0.175. The Hall–Kier alpha value is -3.19.